The van der Waals surface area contributed by atoms with E-state index in [0.717, 1.165) is 64.8 Å². The van der Waals surface area contributed by atoms with Gasteiger partial charge >= 0.3 is 0 Å². The molecule has 0 aromatic heterocycles. The minimum Gasteiger partial charge on any atom is -0.304 e. The number of rotatable bonds is 5. The van der Waals surface area contributed by atoms with Crippen LogP contribution < -0.4 is 0 Å². The summed E-state index contributed by atoms with van der Waals surface area (Å²) in [6.07, 6.45) is 4.31. The van der Waals surface area contributed by atoms with Crippen molar-refractivity contribution in [1.82, 2.24) is 14.1 Å². The normalized spacial score (nSPS) is 34.3. The third kappa shape index (κ3) is 3.18. The fourth-order valence-corrected chi connectivity index (χ4v) is 6.47. The van der Waals surface area contributed by atoms with Crippen molar-refractivity contribution in [2.75, 3.05) is 45.5 Å². The van der Waals surface area contributed by atoms with Crippen molar-refractivity contribution in [3.05, 3.63) is 0 Å². The zero-order valence-electron chi connectivity index (χ0n) is 13.9. The standard InChI is InChI=1S/C15H27N5O2S/c1-18-6-8-19(9-7-18)5-2-10-23(21,22)20-13-3-4-14(20)12-15(11-13)16-17-15/h13-14H,2-12H2,1H3. The van der Waals surface area contributed by atoms with Crippen molar-refractivity contribution in [3.8, 4) is 0 Å². The van der Waals surface area contributed by atoms with Gasteiger partial charge in [0.25, 0.3) is 0 Å². The van der Waals surface area contributed by atoms with E-state index in [1.165, 1.54) is 0 Å². The second kappa shape index (κ2) is 5.75. The molecule has 2 bridgehead atoms. The van der Waals surface area contributed by atoms with Gasteiger partial charge in [-0.1, -0.05) is 0 Å². The molecule has 2 atom stereocenters. The summed E-state index contributed by atoms with van der Waals surface area (Å²) < 4.78 is 27.4. The summed E-state index contributed by atoms with van der Waals surface area (Å²) in [5.41, 5.74) is -0.197. The average molecular weight is 341 g/mol. The second-order valence-electron chi connectivity index (χ2n) is 7.62. The van der Waals surface area contributed by atoms with Gasteiger partial charge in [0.1, 0.15) is 0 Å². The third-order valence-corrected chi connectivity index (χ3v) is 7.90. The van der Waals surface area contributed by atoms with E-state index in [2.05, 4.69) is 27.1 Å². The molecule has 0 aliphatic carbocycles. The molecule has 1 spiro atoms. The molecule has 8 heteroatoms. The van der Waals surface area contributed by atoms with E-state index in [1.807, 2.05) is 4.31 Å². The second-order valence-corrected chi connectivity index (χ2v) is 9.61. The quantitative estimate of drug-likeness (QED) is 0.740. The number of hydrogen-bond donors (Lipinski definition) is 0. The number of sulfonamides is 1. The highest BCUT2D eigenvalue weighted by Gasteiger charge is 2.56. The van der Waals surface area contributed by atoms with Gasteiger partial charge in [-0.3, -0.25) is 0 Å². The van der Waals surface area contributed by atoms with Gasteiger partial charge in [0.15, 0.2) is 5.66 Å². The van der Waals surface area contributed by atoms with Gasteiger partial charge in [-0.25, -0.2) is 8.42 Å². The summed E-state index contributed by atoms with van der Waals surface area (Å²) in [7, 11) is -1.00. The first-order chi connectivity index (χ1) is 11.0. The summed E-state index contributed by atoms with van der Waals surface area (Å²) in [6, 6.07) is 0.273. The maximum atomic E-state index is 12.8. The van der Waals surface area contributed by atoms with Crippen molar-refractivity contribution in [2.45, 2.75) is 49.9 Å². The molecule has 3 fully saturated rings. The van der Waals surface area contributed by atoms with E-state index in [4.69, 9.17) is 0 Å². The maximum Gasteiger partial charge on any atom is 0.214 e. The SMILES string of the molecule is CN1CCN(CCCS(=O)(=O)N2C3CCC2CC2(C3)N=N2)CC1. The number of likely N-dealkylation sites (N-methyl/N-ethyl adjacent to an activating group) is 1. The Kier molecular flexibility index (Phi) is 3.98. The zero-order chi connectivity index (χ0) is 16.1. The van der Waals surface area contributed by atoms with Crippen molar-refractivity contribution in [1.29, 1.82) is 0 Å². The Morgan fingerprint density at radius 2 is 1.65 bits per heavy atom. The Labute approximate surface area is 138 Å². The lowest BCUT2D eigenvalue weighted by molar-refractivity contribution is 0.154. The molecule has 0 N–H and O–H groups in total. The predicted molar refractivity (Wildman–Crippen MR) is 87.8 cm³/mol. The molecule has 4 heterocycles. The van der Waals surface area contributed by atoms with Crippen LogP contribution >= 0.6 is 0 Å². The number of piperidine rings is 1. The number of hydrogen-bond acceptors (Lipinski definition) is 6. The molecule has 2 unspecified atom stereocenters. The molecule has 23 heavy (non-hydrogen) atoms. The van der Waals surface area contributed by atoms with Crippen LogP contribution in [0, 0.1) is 0 Å². The largest absolute Gasteiger partial charge is 0.304 e. The Balaban J connectivity index is 1.30. The maximum absolute atomic E-state index is 12.8. The molecule has 130 valence electrons. The highest BCUT2D eigenvalue weighted by Crippen LogP contribution is 2.50. The van der Waals surface area contributed by atoms with Crippen LogP contribution in [0.15, 0.2) is 10.2 Å². The first-order valence-electron chi connectivity index (χ1n) is 8.84. The molecule has 0 amide bonds. The van der Waals surface area contributed by atoms with Gasteiger partial charge in [0, 0.05) is 51.1 Å². The Bertz CT molecular complexity index is 563. The molecule has 0 aromatic rings. The van der Waals surface area contributed by atoms with Gasteiger partial charge in [0.05, 0.1) is 5.75 Å². The van der Waals surface area contributed by atoms with Gasteiger partial charge in [0.2, 0.25) is 10.0 Å². The van der Waals surface area contributed by atoms with Crippen LogP contribution in [0.3, 0.4) is 0 Å². The highest BCUT2D eigenvalue weighted by atomic mass is 32.2. The van der Waals surface area contributed by atoms with Gasteiger partial charge in [-0.15, -0.1) is 0 Å². The Morgan fingerprint density at radius 3 is 2.22 bits per heavy atom. The molecular formula is C15H27N5O2S. The van der Waals surface area contributed by atoms with Crippen LogP contribution in [-0.2, 0) is 10.0 Å². The van der Waals surface area contributed by atoms with Crippen LogP contribution in [0.1, 0.15) is 32.1 Å². The molecular weight excluding hydrogens is 314 g/mol. The first-order valence-corrected chi connectivity index (χ1v) is 10.4. The van der Waals surface area contributed by atoms with Crippen molar-refractivity contribution in [3.63, 3.8) is 0 Å². The monoisotopic (exact) mass is 341 g/mol. The van der Waals surface area contributed by atoms with E-state index < -0.39 is 10.0 Å². The molecule has 7 nitrogen and oxygen atoms in total. The van der Waals surface area contributed by atoms with E-state index >= 15 is 0 Å². The lowest BCUT2D eigenvalue weighted by Crippen LogP contribution is -2.50. The molecule has 4 aliphatic rings. The average Bonchev–Trinajstić information content (AvgIpc) is 3.17. The molecule has 4 aliphatic heterocycles. The van der Waals surface area contributed by atoms with Crippen LogP contribution in [-0.4, -0.2) is 85.8 Å². The lowest BCUT2D eigenvalue weighted by Gasteiger charge is -2.36. The fourth-order valence-electron chi connectivity index (χ4n) is 4.50. The van der Waals surface area contributed by atoms with Crippen LogP contribution in [0.5, 0.6) is 0 Å². The predicted octanol–water partition coefficient (Wildman–Crippen LogP) is 0.743. The number of piperazine rings is 1. The summed E-state index contributed by atoms with van der Waals surface area (Å²) in [4.78, 5) is 4.71. The fraction of sp³-hybridized carbons (Fsp3) is 1.00. The van der Waals surface area contributed by atoms with Crippen molar-refractivity contribution in [2.24, 2.45) is 10.2 Å². The first kappa shape index (κ1) is 15.9. The van der Waals surface area contributed by atoms with Crippen molar-refractivity contribution >= 4 is 10.0 Å². The Hall–Kier alpha value is -0.570. The number of fused-ring (bicyclic) bond motifs is 2. The van der Waals surface area contributed by atoms with E-state index in [-0.39, 0.29) is 23.5 Å². The molecule has 0 aromatic carbocycles. The zero-order valence-corrected chi connectivity index (χ0v) is 14.7. The molecule has 0 radical (unpaired) electrons. The van der Waals surface area contributed by atoms with Gasteiger partial charge in [-0.05, 0) is 32.9 Å². The summed E-state index contributed by atoms with van der Waals surface area (Å²) >= 11 is 0. The van der Waals surface area contributed by atoms with Crippen LogP contribution in [0.2, 0.25) is 0 Å². The van der Waals surface area contributed by atoms with Gasteiger partial charge < -0.3 is 9.80 Å². The Morgan fingerprint density at radius 1 is 1.04 bits per heavy atom. The molecule has 4 rings (SSSR count). The van der Waals surface area contributed by atoms with E-state index in [1.54, 1.807) is 0 Å². The molecule has 0 saturated carbocycles. The lowest BCUT2D eigenvalue weighted by atomic mass is 9.96. The summed E-state index contributed by atoms with van der Waals surface area (Å²) in [6.45, 7) is 5.16. The van der Waals surface area contributed by atoms with Crippen molar-refractivity contribution < 1.29 is 8.42 Å². The minimum absolute atomic E-state index is 0.136. The highest BCUT2D eigenvalue weighted by molar-refractivity contribution is 7.89. The number of nitrogens with zero attached hydrogens (tertiary/aromatic N) is 5. The van der Waals surface area contributed by atoms with Crippen LogP contribution in [0.25, 0.3) is 0 Å². The summed E-state index contributed by atoms with van der Waals surface area (Å²) in [5.74, 6) is 0.285. The smallest absolute Gasteiger partial charge is 0.214 e. The van der Waals surface area contributed by atoms with E-state index in [0.29, 0.717) is 0 Å². The van der Waals surface area contributed by atoms with Crippen LogP contribution in [0.4, 0.5) is 0 Å². The minimum atomic E-state index is -3.14. The summed E-state index contributed by atoms with van der Waals surface area (Å²) in [5, 5.41) is 8.35. The third-order valence-electron chi connectivity index (χ3n) is 5.85. The topological polar surface area (TPSA) is 68.6 Å². The van der Waals surface area contributed by atoms with Gasteiger partial charge in [-0.2, -0.15) is 14.5 Å². The van der Waals surface area contributed by atoms with E-state index in [9.17, 15) is 8.42 Å². The molecule has 3 saturated heterocycles.